The van der Waals surface area contributed by atoms with Crippen molar-refractivity contribution in [3.63, 3.8) is 0 Å². The van der Waals surface area contributed by atoms with Crippen molar-refractivity contribution in [1.82, 2.24) is 4.72 Å². The summed E-state index contributed by atoms with van der Waals surface area (Å²) < 4.78 is 36.7. The normalized spacial score (nSPS) is 13.1. The fourth-order valence-electron chi connectivity index (χ4n) is 1.70. The van der Waals surface area contributed by atoms with Crippen LogP contribution in [0.15, 0.2) is 29.2 Å². The molecule has 2 N–H and O–H groups in total. The van der Waals surface area contributed by atoms with Gasteiger partial charge in [0.1, 0.15) is 0 Å². The molecule has 120 valence electrons. The second kappa shape index (κ2) is 8.99. The molecule has 0 bridgehead atoms. The molecule has 21 heavy (non-hydrogen) atoms. The number of hydrogen-bond acceptors (Lipinski definition) is 5. The first-order valence-corrected chi connectivity index (χ1v) is 8.37. The third kappa shape index (κ3) is 6.01. The first-order chi connectivity index (χ1) is 10.0. The zero-order valence-electron chi connectivity index (χ0n) is 12.8. The van der Waals surface area contributed by atoms with Gasteiger partial charge >= 0.3 is 0 Å². The number of hydrogen-bond donors (Lipinski definition) is 2. The fourth-order valence-corrected chi connectivity index (χ4v) is 2.83. The minimum absolute atomic E-state index is 0.0513. The molecule has 0 heterocycles. The Kier molecular flexibility index (Phi) is 7.66. The summed E-state index contributed by atoms with van der Waals surface area (Å²) in [6.45, 7) is 3.44. The van der Waals surface area contributed by atoms with Crippen LogP contribution in [0.1, 0.15) is 13.3 Å². The molecule has 0 fully saturated rings. The van der Waals surface area contributed by atoms with Crippen LogP contribution in [-0.4, -0.2) is 48.4 Å². The Morgan fingerprint density at radius 3 is 2.38 bits per heavy atom. The minimum Gasteiger partial charge on any atom is -0.382 e. The molecule has 0 spiro atoms. The SMILES string of the molecule is CCCNS(=O)(=O)c1ccc(NCC(COC)OC)cc1. The van der Waals surface area contributed by atoms with Gasteiger partial charge in [0.05, 0.1) is 17.6 Å². The number of nitrogens with one attached hydrogen (secondary N) is 2. The molecule has 0 saturated carbocycles. The standard InChI is InChI=1S/C14H24N2O4S/c1-4-9-16-21(17,18)14-7-5-12(6-8-14)15-10-13(20-3)11-19-2/h5-8,13,15-16H,4,9-11H2,1-3H3. The Bertz CT molecular complexity index is 502. The average molecular weight is 316 g/mol. The van der Waals surface area contributed by atoms with Crippen LogP contribution < -0.4 is 10.0 Å². The van der Waals surface area contributed by atoms with Crippen LogP contribution in [0.4, 0.5) is 5.69 Å². The van der Waals surface area contributed by atoms with E-state index in [1.165, 1.54) is 0 Å². The highest BCUT2D eigenvalue weighted by atomic mass is 32.2. The lowest BCUT2D eigenvalue weighted by Crippen LogP contribution is -2.26. The van der Waals surface area contributed by atoms with Crippen LogP contribution >= 0.6 is 0 Å². The van der Waals surface area contributed by atoms with E-state index in [1.54, 1.807) is 38.5 Å². The molecule has 0 aliphatic carbocycles. The predicted molar refractivity (Wildman–Crippen MR) is 83.1 cm³/mol. The minimum atomic E-state index is -3.41. The summed E-state index contributed by atoms with van der Waals surface area (Å²) in [5.74, 6) is 0. The molecule has 0 amide bonds. The van der Waals surface area contributed by atoms with Crippen molar-refractivity contribution >= 4 is 15.7 Å². The zero-order chi connectivity index (χ0) is 15.7. The molecular formula is C14H24N2O4S. The Labute approximate surface area is 126 Å². The number of sulfonamides is 1. The lowest BCUT2D eigenvalue weighted by atomic mass is 10.3. The molecule has 1 unspecified atom stereocenters. The molecule has 0 saturated heterocycles. The average Bonchev–Trinajstić information content (AvgIpc) is 2.50. The topological polar surface area (TPSA) is 76.7 Å². The third-order valence-corrected chi connectivity index (χ3v) is 4.40. The van der Waals surface area contributed by atoms with E-state index in [0.717, 1.165) is 12.1 Å². The van der Waals surface area contributed by atoms with Crippen molar-refractivity contribution in [1.29, 1.82) is 0 Å². The molecule has 1 aromatic rings. The lowest BCUT2D eigenvalue weighted by molar-refractivity contribution is 0.0365. The van der Waals surface area contributed by atoms with Crippen molar-refractivity contribution in [2.45, 2.75) is 24.3 Å². The number of anilines is 1. The summed E-state index contributed by atoms with van der Waals surface area (Å²) >= 11 is 0. The molecule has 0 aliphatic rings. The zero-order valence-corrected chi connectivity index (χ0v) is 13.6. The van der Waals surface area contributed by atoms with Crippen molar-refractivity contribution in [2.24, 2.45) is 0 Å². The summed E-state index contributed by atoms with van der Waals surface area (Å²) in [4.78, 5) is 0.265. The van der Waals surface area contributed by atoms with Crippen LogP contribution in [0.5, 0.6) is 0 Å². The molecule has 1 aromatic carbocycles. The fraction of sp³-hybridized carbons (Fsp3) is 0.571. The van der Waals surface area contributed by atoms with E-state index < -0.39 is 10.0 Å². The number of methoxy groups -OCH3 is 2. The second-order valence-electron chi connectivity index (χ2n) is 4.62. The molecule has 6 nitrogen and oxygen atoms in total. The Hall–Kier alpha value is -1.15. The first-order valence-electron chi connectivity index (χ1n) is 6.88. The van der Waals surface area contributed by atoms with E-state index in [2.05, 4.69) is 10.0 Å². The summed E-state index contributed by atoms with van der Waals surface area (Å²) in [5, 5.41) is 3.18. The Morgan fingerprint density at radius 2 is 1.86 bits per heavy atom. The molecule has 1 atom stereocenters. The van der Waals surface area contributed by atoms with Gasteiger partial charge in [-0.25, -0.2) is 13.1 Å². The van der Waals surface area contributed by atoms with E-state index in [9.17, 15) is 8.42 Å². The lowest BCUT2D eigenvalue weighted by Gasteiger charge is -2.16. The molecule has 0 radical (unpaired) electrons. The summed E-state index contributed by atoms with van der Waals surface area (Å²) in [6.07, 6.45) is 0.709. The van der Waals surface area contributed by atoms with Crippen molar-refractivity contribution in [2.75, 3.05) is 39.2 Å². The molecule has 7 heteroatoms. The monoisotopic (exact) mass is 316 g/mol. The van der Waals surface area contributed by atoms with E-state index in [4.69, 9.17) is 9.47 Å². The number of benzene rings is 1. The highest BCUT2D eigenvalue weighted by Gasteiger charge is 2.12. The van der Waals surface area contributed by atoms with Gasteiger partial charge in [0.25, 0.3) is 0 Å². The maximum absolute atomic E-state index is 11.9. The number of rotatable bonds is 10. The molecule has 0 aromatic heterocycles. The van der Waals surface area contributed by atoms with Gasteiger partial charge < -0.3 is 14.8 Å². The van der Waals surface area contributed by atoms with Gasteiger partial charge in [-0.1, -0.05) is 6.92 Å². The van der Waals surface area contributed by atoms with Gasteiger partial charge in [0.15, 0.2) is 0 Å². The molecule has 1 rings (SSSR count). The van der Waals surface area contributed by atoms with E-state index in [0.29, 0.717) is 19.7 Å². The molecular weight excluding hydrogens is 292 g/mol. The first kappa shape index (κ1) is 17.9. The maximum atomic E-state index is 11.9. The Balaban J connectivity index is 2.61. The van der Waals surface area contributed by atoms with Crippen LogP contribution in [-0.2, 0) is 19.5 Å². The van der Waals surface area contributed by atoms with Crippen LogP contribution in [0, 0.1) is 0 Å². The van der Waals surface area contributed by atoms with Gasteiger partial charge in [-0.05, 0) is 30.7 Å². The van der Waals surface area contributed by atoms with Crippen molar-refractivity contribution in [3.8, 4) is 0 Å². The summed E-state index contributed by atoms with van der Waals surface area (Å²) in [6, 6.07) is 6.64. The third-order valence-electron chi connectivity index (χ3n) is 2.93. The van der Waals surface area contributed by atoms with Crippen LogP contribution in [0.2, 0.25) is 0 Å². The van der Waals surface area contributed by atoms with E-state index >= 15 is 0 Å². The van der Waals surface area contributed by atoms with Crippen molar-refractivity contribution in [3.05, 3.63) is 24.3 Å². The van der Waals surface area contributed by atoms with Crippen molar-refractivity contribution < 1.29 is 17.9 Å². The summed E-state index contributed by atoms with van der Waals surface area (Å²) in [5.41, 5.74) is 0.836. The van der Waals surface area contributed by atoms with E-state index in [1.807, 2.05) is 6.92 Å². The second-order valence-corrected chi connectivity index (χ2v) is 6.38. The van der Waals surface area contributed by atoms with Gasteiger partial charge in [0.2, 0.25) is 10.0 Å². The highest BCUT2D eigenvalue weighted by Crippen LogP contribution is 2.14. The van der Waals surface area contributed by atoms with Gasteiger partial charge in [-0.15, -0.1) is 0 Å². The largest absolute Gasteiger partial charge is 0.382 e. The van der Waals surface area contributed by atoms with E-state index in [-0.39, 0.29) is 11.0 Å². The maximum Gasteiger partial charge on any atom is 0.240 e. The smallest absolute Gasteiger partial charge is 0.240 e. The van der Waals surface area contributed by atoms with Gasteiger partial charge in [-0.2, -0.15) is 0 Å². The quantitative estimate of drug-likeness (QED) is 0.683. The molecule has 0 aliphatic heterocycles. The van der Waals surface area contributed by atoms with Gasteiger partial charge in [-0.3, -0.25) is 0 Å². The van der Waals surface area contributed by atoms with Crippen LogP contribution in [0.3, 0.4) is 0 Å². The van der Waals surface area contributed by atoms with Crippen LogP contribution in [0.25, 0.3) is 0 Å². The summed E-state index contributed by atoms with van der Waals surface area (Å²) in [7, 11) is -0.161. The van der Waals surface area contributed by atoms with Gasteiger partial charge in [0, 0.05) is 33.0 Å². The highest BCUT2D eigenvalue weighted by molar-refractivity contribution is 7.89. The predicted octanol–water partition coefficient (Wildman–Crippen LogP) is 1.45. The Morgan fingerprint density at radius 1 is 1.19 bits per heavy atom. The number of ether oxygens (including phenoxy) is 2.